The van der Waals surface area contributed by atoms with Crippen molar-refractivity contribution in [3.63, 3.8) is 0 Å². The number of hydrogen-bond donors (Lipinski definition) is 12. The summed E-state index contributed by atoms with van der Waals surface area (Å²) >= 11 is 1.45. The molecule has 34 nitrogen and oxygen atoms in total. The van der Waals surface area contributed by atoms with Crippen molar-refractivity contribution in [1.82, 2.24) is 46.1 Å². The Morgan fingerprint density at radius 2 is 0.784 bits per heavy atom. The van der Waals surface area contributed by atoms with E-state index in [-0.39, 0.29) is 115 Å². The number of para-hydroxylation sites is 1. The van der Waals surface area contributed by atoms with E-state index < -0.39 is 144 Å². The Balaban J connectivity index is 0.000000324. The molecule has 3 aromatic heterocycles. The van der Waals surface area contributed by atoms with Crippen molar-refractivity contribution in [3.8, 4) is 27.7 Å². The summed E-state index contributed by atoms with van der Waals surface area (Å²) in [5.41, 5.74) is 19.6. The molecule has 0 aliphatic heterocycles. The van der Waals surface area contributed by atoms with E-state index in [0.717, 1.165) is 27.5 Å². The lowest BCUT2D eigenvalue weighted by atomic mass is 9.92. The predicted octanol–water partition coefficient (Wildman–Crippen LogP) is 3.44. The van der Waals surface area contributed by atoms with Gasteiger partial charge in [-0.2, -0.15) is 4.98 Å². The van der Waals surface area contributed by atoms with Gasteiger partial charge in [-0.05, 0) is 69.2 Å². The third-order valence-corrected chi connectivity index (χ3v) is 16.1. The minimum atomic E-state index is -1.17. The van der Waals surface area contributed by atoms with Gasteiger partial charge < -0.3 is 68.3 Å². The van der Waals surface area contributed by atoms with Crippen LogP contribution >= 0.6 is 11.3 Å². The van der Waals surface area contributed by atoms with Gasteiger partial charge in [0.1, 0.15) is 5.01 Å². The number of Topliss-reactive ketones (excluding diaryl/α,β-unsaturated/α-hetero) is 3. The van der Waals surface area contributed by atoms with Crippen LogP contribution < -0.4 is 33.2 Å². The number of carbonyl (C=O) groups is 15. The third kappa shape index (κ3) is 32.3. The Morgan fingerprint density at radius 1 is 0.431 bits per heavy atom. The lowest BCUT2D eigenvalue weighted by molar-refractivity contribution is -0.139. The zero-order valence-corrected chi connectivity index (χ0v) is 56.0. The lowest BCUT2D eigenvalue weighted by Gasteiger charge is -2.19. The number of rotatable bonds is 45. The van der Waals surface area contributed by atoms with Crippen LogP contribution in [0.5, 0.6) is 0 Å². The van der Waals surface area contributed by atoms with E-state index in [9.17, 15) is 71.9 Å². The fourth-order valence-electron chi connectivity index (χ4n) is 9.64. The standard InChI is InChI=1S/C23H27N3O7S.C22H27N5O7.C22H26N4O8/c24-22(33)15(6-10-20(29)30)12-18(27)17(8-11-21(31)32)26-19(28)9-7-16-13-34-23(25-16)14-4-2-1-3-5-14;23-22(34)14(6-10-20(30)31)12-18(28)17(8-11-21(32)33)24-19(29)9-7-15-13-27(26-25-15)16-4-2-1-3-5-16;23-21(33)14(6-10-19(29)30)12-16(27)15(7-11-20(31)32)24-18(28)9-8-17-25-22(34-26-17)13-4-2-1-3-5-13/h1-5,13,15,17H,6-12H2,(H2,24,33)(H,26,28)(H,29,30)(H,31,32);1-5,13-14,17H,6-12H2,(H2,23,34)(H,24,29)(H,30,31)(H,32,33);1-5,14-15H,6-12H2,(H2,23,33)(H,24,28)(H,29,30)(H,31,32)/t15-,17+;14-,17+;14-,15+/m111/s1. The Hall–Kier alpha value is -11.8. The van der Waals surface area contributed by atoms with Crippen LogP contribution in [-0.2, 0) is 91.2 Å². The van der Waals surface area contributed by atoms with Crippen molar-refractivity contribution in [3.05, 3.63) is 120 Å². The maximum Gasteiger partial charge on any atom is 0.303 e. The van der Waals surface area contributed by atoms with Crippen LogP contribution in [0.15, 0.2) is 107 Å². The Kier molecular flexibility index (Phi) is 35.3. The first-order valence-corrected chi connectivity index (χ1v) is 32.8. The van der Waals surface area contributed by atoms with Gasteiger partial charge in [-0.3, -0.25) is 71.9 Å². The van der Waals surface area contributed by atoms with Crippen molar-refractivity contribution >= 4 is 99.9 Å². The lowest BCUT2D eigenvalue weighted by Crippen LogP contribution is -2.43. The number of amides is 6. The quantitative estimate of drug-likeness (QED) is 0.0260. The molecule has 3 heterocycles. The maximum atomic E-state index is 12.7. The molecule has 0 saturated carbocycles. The van der Waals surface area contributed by atoms with Gasteiger partial charge in [-0.25, -0.2) is 9.67 Å². The minimum Gasteiger partial charge on any atom is -0.481 e. The number of aromatic nitrogens is 6. The summed E-state index contributed by atoms with van der Waals surface area (Å²) in [4.78, 5) is 184. The number of carboxylic acid groups (broad SMARTS) is 6. The van der Waals surface area contributed by atoms with E-state index in [2.05, 4.69) is 41.4 Å². The first-order valence-electron chi connectivity index (χ1n) is 32.0. The van der Waals surface area contributed by atoms with Crippen molar-refractivity contribution in [2.75, 3.05) is 0 Å². The summed E-state index contributed by atoms with van der Waals surface area (Å²) in [5, 5.41) is 75.4. The van der Waals surface area contributed by atoms with Crippen LogP contribution in [0.25, 0.3) is 27.7 Å². The first kappa shape index (κ1) is 82.6. The van der Waals surface area contributed by atoms with Crippen LogP contribution in [0.1, 0.15) is 133 Å². The van der Waals surface area contributed by atoms with Crippen molar-refractivity contribution in [1.29, 1.82) is 0 Å². The van der Waals surface area contributed by atoms with Crippen molar-refractivity contribution in [2.24, 2.45) is 35.0 Å². The summed E-state index contributed by atoms with van der Waals surface area (Å²) in [5.74, 6) is -15.1. The first-order chi connectivity index (χ1) is 48.5. The van der Waals surface area contributed by atoms with Crippen molar-refractivity contribution < 1.29 is 107 Å². The van der Waals surface area contributed by atoms with Gasteiger partial charge in [0.05, 0.1) is 41.4 Å². The Bertz CT molecular complexity index is 3460. The molecule has 0 aliphatic rings. The highest BCUT2D eigenvalue weighted by Gasteiger charge is 2.31. The number of nitrogens with one attached hydrogen (secondary N) is 3. The Morgan fingerprint density at radius 3 is 1.17 bits per heavy atom. The molecular weight excluding hydrogens is 1360 g/mol. The fraction of sp³-hybridized carbons (Fsp3) is 0.403. The molecule has 6 amide bonds. The molecule has 15 N–H and O–H groups in total. The number of aryl methyl sites for hydroxylation is 3. The number of primary amides is 3. The molecule has 546 valence electrons. The largest absolute Gasteiger partial charge is 0.481 e. The molecule has 102 heavy (non-hydrogen) atoms. The second-order valence-corrected chi connectivity index (χ2v) is 24.0. The van der Waals surface area contributed by atoms with Gasteiger partial charge in [0.25, 0.3) is 5.89 Å². The van der Waals surface area contributed by atoms with E-state index in [4.69, 9.17) is 52.4 Å². The van der Waals surface area contributed by atoms with Gasteiger partial charge in [0.15, 0.2) is 23.2 Å². The molecule has 0 unspecified atom stereocenters. The molecule has 0 bridgehead atoms. The zero-order valence-electron chi connectivity index (χ0n) is 55.2. The number of carbonyl (C=O) groups excluding carboxylic acids is 9. The summed E-state index contributed by atoms with van der Waals surface area (Å²) in [6, 6.07) is 24.5. The van der Waals surface area contributed by atoms with Crippen LogP contribution in [0, 0.1) is 17.8 Å². The summed E-state index contributed by atoms with van der Waals surface area (Å²) in [7, 11) is 0. The van der Waals surface area contributed by atoms with Gasteiger partial charge in [0, 0.05) is 124 Å². The summed E-state index contributed by atoms with van der Waals surface area (Å²) in [6.45, 7) is 0. The van der Waals surface area contributed by atoms with E-state index >= 15 is 0 Å². The highest BCUT2D eigenvalue weighted by Crippen LogP contribution is 2.25. The number of benzene rings is 3. The minimum absolute atomic E-state index is 0.0252. The number of aliphatic carboxylic acids is 6. The Labute approximate surface area is 586 Å². The molecule has 6 atom stereocenters. The van der Waals surface area contributed by atoms with Gasteiger partial charge in [0.2, 0.25) is 35.4 Å². The molecular formula is C67H80N12O22S. The molecule has 0 radical (unpaired) electrons. The second-order valence-electron chi connectivity index (χ2n) is 23.1. The number of thiazole rings is 1. The number of nitrogens with zero attached hydrogens (tertiary/aromatic N) is 6. The normalized spacial score (nSPS) is 12.5. The van der Waals surface area contributed by atoms with Crippen LogP contribution in [0.2, 0.25) is 0 Å². The average molecular weight is 1440 g/mol. The van der Waals surface area contributed by atoms with E-state index in [1.807, 2.05) is 84.2 Å². The van der Waals surface area contributed by atoms with Crippen LogP contribution in [0.3, 0.4) is 0 Å². The average Bonchev–Trinajstić information content (AvgIpc) is 1.68. The zero-order chi connectivity index (χ0) is 75.3. The number of hydrogen-bond acceptors (Lipinski definition) is 22. The topological polar surface area (TPSA) is 574 Å². The van der Waals surface area contributed by atoms with Crippen molar-refractivity contribution in [2.45, 2.75) is 153 Å². The number of nitrogens with two attached hydrogens (primary N) is 3. The molecule has 0 saturated heterocycles. The molecule has 0 fully saturated rings. The monoisotopic (exact) mass is 1440 g/mol. The number of ketones is 3. The molecule has 35 heteroatoms. The molecule has 6 aromatic rings. The summed E-state index contributed by atoms with van der Waals surface area (Å²) in [6.07, 6.45) is -1.98. The smallest absolute Gasteiger partial charge is 0.303 e. The number of carboxylic acids is 6. The predicted molar refractivity (Wildman–Crippen MR) is 358 cm³/mol. The van der Waals surface area contributed by atoms with Gasteiger partial charge in [-0.1, -0.05) is 77.1 Å². The van der Waals surface area contributed by atoms with Crippen LogP contribution in [-0.4, -0.2) is 167 Å². The van der Waals surface area contributed by atoms with Gasteiger partial charge >= 0.3 is 35.8 Å². The fourth-order valence-corrected chi connectivity index (χ4v) is 10.5. The molecule has 3 aromatic carbocycles. The van der Waals surface area contributed by atoms with Gasteiger partial charge in [-0.15, -0.1) is 16.4 Å². The highest BCUT2D eigenvalue weighted by atomic mass is 32.1. The molecule has 6 rings (SSSR count). The second kappa shape index (κ2) is 43.6. The highest BCUT2D eigenvalue weighted by molar-refractivity contribution is 7.13. The molecule has 0 spiro atoms. The maximum absolute atomic E-state index is 12.7. The van der Waals surface area contributed by atoms with E-state index in [0.29, 0.717) is 18.0 Å². The van der Waals surface area contributed by atoms with E-state index in [1.54, 1.807) is 23.0 Å². The summed E-state index contributed by atoms with van der Waals surface area (Å²) < 4.78 is 6.74. The third-order valence-electron chi connectivity index (χ3n) is 15.2. The SMILES string of the molecule is NC(=O)[C@H](CCC(=O)O)CC(=O)[C@H](CCC(=O)O)NC(=O)CCc1cn(-c2ccccc2)nn1.NC(=O)[C@H](CCC(=O)O)CC(=O)[C@H](CCC(=O)O)NC(=O)CCc1csc(-c2ccccc2)n1.NC(=O)[C@H](CCC(=O)O)CC(=O)[C@H](CCC(=O)O)NC(=O)CCc1noc(-c2ccccc2)n1. The molecule has 0 aliphatic carbocycles. The van der Waals surface area contributed by atoms with E-state index in [1.165, 1.54) is 11.3 Å². The van der Waals surface area contributed by atoms with Crippen LogP contribution in [0.4, 0.5) is 0 Å².